The second-order valence-electron chi connectivity index (χ2n) is 12.3. The van der Waals surface area contributed by atoms with Crippen LogP contribution in [0.5, 0.6) is 0 Å². The summed E-state index contributed by atoms with van der Waals surface area (Å²) in [5.41, 5.74) is 10.1. The number of aryl methyl sites for hydroxylation is 2. The van der Waals surface area contributed by atoms with Crippen LogP contribution in [0.15, 0.2) is 54.0 Å². The number of alkyl halides is 3. The number of fused-ring (bicyclic) bond motifs is 2. The average molecular weight is 643 g/mol. The Hall–Kier alpha value is -3.77. The Balaban J connectivity index is 0.00000235. The smallest absolute Gasteiger partial charge is 0.397 e. The number of anilines is 1. The molecule has 2 saturated heterocycles. The fourth-order valence-corrected chi connectivity index (χ4v) is 6.79. The molecule has 1 aliphatic carbocycles. The second kappa shape index (κ2) is 14.3. The van der Waals surface area contributed by atoms with Crippen molar-refractivity contribution in [3.05, 3.63) is 76.4 Å². The van der Waals surface area contributed by atoms with Gasteiger partial charge in [-0.25, -0.2) is 5.84 Å². The van der Waals surface area contributed by atoms with E-state index in [1.165, 1.54) is 11.1 Å². The maximum absolute atomic E-state index is 14.1. The maximum atomic E-state index is 14.1. The van der Waals surface area contributed by atoms with Crippen LogP contribution in [0.25, 0.3) is 5.70 Å². The normalized spacial score (nSPS) is 21.9. The Bertz CT molecular complexity index is 1490. The van der Waals surface area contributed by atoms with Gasteiger partial charge in [-0.1, -0.05) is 26.8 Å². The molecule has 0 radical (unpaired) electrons. The largest absolute Gasteiger partial charge is 0.416 e. The molecule has 46 heavy (non-hydrogen) atoms. The van der Waals surface area contributed by atoms with E-state index in [2.05, 4.69) is 34.1 Å². The van der Waals surface area contributed by atoms with Gasteiger partial charge in [-0.3, -0.25) is 19.4 Å². The van der Waals surface area contributed by atoms with Crippen LogP contribution in [-0.4, -0.2) is 68.9 Å². The molecule has 0 saturated carbocycles. The number of allylic oxidation sites excluding steroid dienone is 3. The number of likely N-dealkylation sites (tertiary alicyclic amines) is 2. The van der Waals surface area contributed by atoms with E-state index in [1.54, 1.807) is 35.3 Å². The fraction of sp³-hybridized carbons (Fsp3) is 0.529. The van der Waals surface area contributed by atoms with Gasteiger partial charge in [0, 0.05) is 73.0 Å². The van der Waals surface area contributed by atoms with Crippen LogP contribution >= 0.6 is 0 Å². The van der Waals surface area contributed by atoms with Crippen molar-refractivity contribution in [2.45, 2.75) is 97.6 Å². The Morgan fingerprint density at radius 3 is 2.54 bits per heavy atom. The predicted octanol–water partition coefficient (Wildman–Crippen LogP) is 5.39. The van der Waals surface area contributed by atoms with Crippen LogP contribution in [0.2, 0.25) is 0 Å². The molecule has 1 amide bonds. The lowest BCUT2D eigenvalue weighted by Gasteiger charge is -2.39. The quantitative estimate of drug-likeness (QED) is 0.262. The van der Waals surface area contributed by atoms with E-state index in [1.807, 2.05) is 34.7 Å². The molecular weight excluding hydrogens is 593 g/mol. The molecule has 5 rings (SSSR count). The molecule has 2 bridgehead atoms. The van der Waals surface area contributed by atoms with Crippen LogP contribution in [0.1, 0.15) is 81.1 Å². The molecule has 3 aliphatic rings. The van der Waals surface area contributed by atoms with Gasteiger partial charge in [0.2, 0.25) is 0 Å². The monoisotopic (exact) mass is 642 g/mol. The van der Waals surface area contributed by atoms with Crippen molar-refractivity contribution < 1.29 is 18.0 Å². The number of rotatable bonds is 8. The highest BCUT2D eigenvalue weighted by molar-refractivity contribution is 5.95. The summed E-state index contributed by atoms with van der Waals surface area (Å²) in [6.45, 7) is 13.8. The number of nitrogens with zero attached hydrogens (tertiary/aromatic N) is 5. The van der Waals surface area contributed by atoms with Gasteiger partial charge in [0.15, 0.2) is 0 Å². The SMILES string of the molecule is CC.CCc1c(/C(N)=C/N(N)c2cc(C(=O)NC3C=C(C(F)(F)F)C=C(N4CC5CC4CN5C(C)C)CC3)ccc2C)cnn1C. The predicted molar refractivity (Wildman–Crippen MR) is 177 cm³/mol. The van der Waals surface area contributed by atoms with Gasteiger partial charge in [-0.2, -0.15) is 18.3 Å². The average Bonchev–Trinajstić information content (AvgIpc) is 3.68. The van der Waals surface area contributed by atoms with E-state index in [0.717, 1.165) is 48.8 Å². The molecule has 2 aromatic rings. The molecule has 12 heteroatoms. The summed E-state index contributed by atoms with van der Waals surface area (Å²) in [6, 6.07) is 5.22. The first-order valence-electron chi connectivity index (χ1n) is 16.2. The molecule has 9 nitrogen and oxygen atoms in total. The van der Waals surface area contributed by atoms with Gasteiger partial charge < -0.3 is 16.0 Å². The third-order valence-corrected chi connectivity index (χ3v) is 9.11. The minimum Gasteiger partial charge on any atom is -0.397 e. The van der Waals surface area contributed by atoms with Crippen LogP contribution in [0.4, 0.5) is 18.9 Å². The number of amides is 1. The van der Waals surface area contributed by atoms with E-state index in [4.69, 9.17) is 11.6 Å². The van der Waals surface area contributed by atoms with Crippen LogP contribution < -0.4 is 21.9 Å². The minimum atomic E-state index is -4.53. The number of piperazine rings is 1. The molecule has 1 aromatic carbocycles. The number of benzene rings is 1. The number of nitrogens with two attached hydrogens (primary N) is 2. The standard InChI is InChI=1S/C32H43F3N8O.C2H6/c1-6-29-27(15-38-40(29)5)28(36)18-43(37)30-11-21(8-7-20(30)4)31(44)39-23-9-10-24(13-22(12-23)32(33,34)35)42-17-25-14-26(42)16-41(25)19(2)3;1-2/h7-8,11-13,15,18-19,23,25-26H,6,9-10,14,16-17,36-37H2,1-5H3,(H,39,44);1-2H3/b28-18-;. The zero-order chi connectivity index (χ0) is 33.9. The molecule has 0 spiro atoms. The number of carbonyl (C=O) groups is 1. The topological polar surface area (TPSA) is 109 Å². The summed E-state index contributed by atoms with van der Waals surface area (Å²) in [4.78, 5) is 18.0. The molecule has 3 unspecified atom stereocenters. The lowest BCUT2D eigenvalue weighted by atomic mass is 10.1. The summed E-state index contributed by atoms with van der Waals surface area (Å²) in [5, 5.41) is 8.45. The molecule has 5 N–H and O–H groups in total. The minimum absolute atomic E-state index is 0.217. The Morgan fingerprint density at radius 2 is 1.93 bits per heavy atom. The van der Waals surface area contributed by atoms with E-state index in [9.17, 15) is 18.0 Å². The molecule has 3 heterocycles. The number of carbonyl (C=O) groups excluding carboxylic acids is 1. The molecule has 2 fully saturated rings. The van der Waals surface area contributed by atoms with E-state index < -0.39 is 23.7 Å². The summed E-state index contributed by atoms with van der Waals surface area (Å²) in [7, 11) is 1.84. The van der Waals surface area contributed by atoms with Crippen molar-refractivity contribution in [2.75, 3.05) is 18.1 Å². The number of hydrogen-bond acceptors (Lipinski definition) is 7. The number of halogens is 3. The molecule has 1 aromatic heterocycles. The summed E-state index contributed by atoms with van der Waals surface area (Å²) in [5.74, 6) is 5.89. The zero-order valence-electron chi connectivity index (χ0n) is 28.0. The van der Waals surface area contributed by atoms with E-state index in [-0.39, 0.29) is 11.6 Å². The highest BCUT2D eigenvalue weighted by Gasteiger charge is 2.45. The fourth-order valence-electron chi connectivity index (χ4n) is 6.79. The van der Waals surface area contributed by atoms with Gasteiger partial charge in [0.1, 0.15) is 0 Å². The van der Waals surface area contributed by atoms with Gasteiger partial charge >= 0.3 is 6.18 Å². The zero-order valence-corrected chi connectivity index (χ0v) is 28.0. The van der Waals surface area contributed by atoms with Gasteiger partial charge in [0.05, 0.1) is 23.2 Å². The first-order valence-corrected chi connectivity index (χ1v) is 16.2. The van der Waals surface area contributed by atoms with Crippen molar-refractivity contribution in [3.8, 4) is 0 Å². The molecular formula is C34H49F3N8O. The first-order chi connectivity index (χ1) is 21.8. The van der Waals surface area contributed by atoms with Crippen molar-refractivity contribution in [3.63, 3.8) is 0 Å². The maximum Gasteiger partial charge on any atom is 0.416 e. The lowest BCUT2D eigenvalue weighted by Crippen LogP contribution is -2.48. The third kappa shape index (κ3) is 7.44. The van der Waals surface area contributed by atoms with E-state index in [0.29, 0.717) is 42.0 Å². The Labute approximate surface area is 270 Å². The highest BCUT2D eigenvalue weighted by atomic mass is 19.4. The van der Waals surface area contributed by atoms with Crippen molar-refractivity contribution in [1.29, 1.82) is 0 Å². The molecule has 252 valence electrons. The van der Waals surface area contributed by atoms with Crippen molar-refractivity contribution in [2.24, 2.45) is 18.6 Å². The molecule has 3 atom stereocenters. The van der Waals surface area contributed by atoms with E-state index >= 15 is 0 Å². The summed E-state index contributed by atoms with van der Waals surface area (Å²) < 4.78 is 44.2. The van der Waals surface area contributed by atoms with Crippen LogP contribution in [0.3, 0.4) is 0 Å². The van der Waals surface area contributed by atoms with Gasteiger partial charge in [-0.05, 0) is 76.3 Å². The van der Waals surface area contributed by atoms with Gasteiger partial charge in [0.25, 0.3) is 5.91 Å². The third-order valence-electron chi connectivity index (χ3n) is 9.11. The second-order valence-corrected chi connectivity index (χ2v) is 12.3. The highest BCUT2D eigenvalue weighted by Crippen LogP contribution is 2.39. The summed E-state index contributed by atoms with van der Waals surface area (Å²) >= 11 is 0. The number of hydrazine groups is 1. The number of hydrogen-bond donors (Lipinski definition) is 3. The Morgan fingerprint density at radius 1 is 1.22 bits per heavy atom. The van der Waals surface area contributed by atoms with Gasteiger partial charge in [-0.15, -0.1) is 0 Å². The van der Waals surface area contributed by atoms with Crippen LogP contribution in [-0.2, 0) is 13.5 Å². The van der Waals surface area contributed by atoms with Crippen molar-refractivity contribution in [1.82, 2.24) is 24.9 Å². The number of nitrogens with one attached hydrogen (secondary N) is 1. The number of aromatic nitrogens is 2. The lowest BCUT2D eigenvalue weighted by molar-refractivity contribution is -0.0886. The Kier molecular flexibility index (Phi) is 10.9. The summed E-state index contributed by atoms with van der Waals surface area (Å²) in [6.07, 6.45) is 3.66. The van der Waals surface area contributed by atoms with Crippen LogP contribution in [0, 0.1) is 6.92 Å². The van der Waals surface area contributed by atoms with Crippen molar-refractivity contribution >= 4 is 17.3 Å². The molecule has 2 aliphatic heterocycles. The first kappa shape index (κ1) is 35.1.